The number of benzene rings is 2. The normalized spacial score (nSPS) is 17.4. The lowest BCUT2D eigenvalue weighted by molar-refractivity contribution is -0.137. The van der Waals surface area contributed by atoms with E-state index in [0.29, 0.717) is 53.3 Å². The lowest BCUT2D eigenvalue weighted by Crippen LogP contribution is -2.44. The van der Waals surface area contributed by atoms with Crippen molar-refractivity contribution >= 4 is 141 Å². The first kappa shape index (κ1) is 66.7. The Kier molecular flexibility index (Phi) is 20.8. The Morgan fingerprint density at radius 3 is 1.47 bits per heavy atom. The molecule has 10 rings (SSSR count). The minimum absolute atomic E-state index is 0. The van der Waals surface area contributed by atoms with Crippen LogP contribution >= 0.6 is 45.4 Å². The number of ketones is 2. The van der Waals surface area contributed by atoms with Gasteiger partial charge in [-0.05, 0) is 112 Å². The van der Waals surface area contributed by atoms with E-state index >= 15 is 0 Å². The number of nitrogens with zero attached hydrogens (tertiary/aromatic N) is 13. The number of anilines is 2. The van der Waals surface area contributed by atoms with Crippen LogP contribution in [0.2, 0.25) is 0 Å². The summed E-state index contributed by atoms with van der Waals surface area (Å²) in [7, 11) is -4.62. The van der Waals surface area contributed by atoms with Gasteiger partial charge in [0.2, 0.25) is 33.9 Å². The molecule has 0 bridgehead atoms. The van der Waals surface area contributed by atoms with Crippen molar-refractivity contribution in [2.75, 3.05) is 36.2 Å². The van der Waals surface area contributed by atoms with Crippen LogP contribution in [-0.2, 0) is 57.5 Å². The number of hydrogen-bond donors (Lipinski definition) is 2. The number of amides is 5. The van der Waals surface area contributed by atoms with Gasteiger partial charge in [0.25, 0.3) is 0 Å². The van der Waals surface area contributed by atoms with E-state index in [2.05, 4.69) is 87.0 Å². The van der Waals surface area contributed by atoms with Gasteiger partial charge in [-0.25, -0.2) is 47.7 Å². The van der Waals surface area contributed by atoms with Gasteiger partial charge in [0.15, 0.2) is 11.6 Å². The number of rotatable bonds is 14. The predicted octanol–water partition coefficient (Wildman–Crippen LogP) is 8.10. The summed E-state index contributed by atoms with van der Waals surface area (Å²) in [4.78, 5) is 117. The second-order valence-corrected chi connectivity index (χ2v) is 26.4. The molecule has 0 saturated carbocycles. The van der Waals surface area contributed by atoms with Gasteiger partial charge >= 0.3 is 6.09 Å². The monoisotopic (exact) mass is 1400 g/mol. The maximum absolute atomic E-state index is 14.5. The average molecular weight is 1410 g/mol. The van der Waals surface area contributed by atoms with Crippen molar-refractivity contribution in [1.29, 1.82) is 0 Å². The number of halogens is 4. The molecule has 2 saturated heterocycles. The van der Waals surface area contributed by atoms with E-state index in [-0.39, 0.29) is 97.4 Å². The largest absolute Gasteiger partial charge is 0.442 e. The number of Topliss-reactive ketones (excluding diaryl/α,β-unsaturated/α-hetero) is 2. The van der Waals surface area contributed by atoms with Crippen LogP contribution in [0, 0.1) is 0 Å². The molecule has 8 heterocycles. The fourth-order valence-electron chi connectivity index (χ4n) is 9.65. The number of carbonyl (C=O) groups is 7. The number of carbonyl (C=O) groups excluding carboxylic acids is 7. The first-order chi connectivity index (χ1) is 41.6. The third-order valence-corrected chi connectivity index (χ3v) is 16.6. The van der Waals surface area contributed by atoms with Gasteiger partial charge < -0.3 is 25.2 Å². The van der Waals surface area contributed by atoms with Gasteiger partial charge in [-0.2, -0.15) is 23.7 Å². The van der Waals surface area contributed by atoms with E-state index in [1.807, 2.05) is 0 Å². The summed E-state index contributed by atoms with van der Waals surface area (Å²) in [5.41, 5.74) is 2.87. The van der Waals surface area contributed by atoms with Crippen LogP contribution in [0.4, 0.5) is 25.2 Å². The van der Waals surface area contributed by atoms with Gasteiger partial charge in [0.05, 0.1) is 34.9 Å². The quantitative estimate of drug-likeness (QED) is 0.0590. The summed E-state index contributed by atoms with van der Waals surface area (Å²) in [6.07, 6.45) is 4.56. The van der Waals surface area contributed by atoms with E-state index in [4.69, 9.17) is 4.74 Å². The molecule has 2 aromatic carbocycles. The van der Waals surface area contributed by atoms with Crippen LogP contribution in [0.3, 0.4) is 0 Å². The van der Waals surface area contributed by atoms with E-state index in [0.717, 1.165) is 0 Å². The second-order valence-electron chi connectivity index (χ2n) is 21.4. The molecule has 0 spiro atoms. The molecule has 89 heavy (non-hydrogen) atoms. The third-order valence-electron chi connectivity index (χ3n) is 13.6. The number of aromatic nitrogens is 10. The van der Waals surface area contributed by atoms with Gasteiger partial charge in [0, 0.05) is 85.9 Å². The van der Waals surface area contributed by atoms with Crippen LogP contribution in [-0.4, -0.2) is 165 Å². The molecule has 8 aromatic rings. The molecule has 2 unspecified atom stereocenters. The highest BCUT2D eigenvalue weighted by Crippen LogP contribution is 2.31. The molecule has 2 fully saturated rings. The summed E-state index contributed by atoms with van der Waals surface area (Å²) in [5.74, 6) is -2.30. The summed E-state index contributed by atoms with van der Waals surface area (Å²) < 4.78 is 66.2. The van der Waals surface area contributed by atoms with Crippen LogP contribution in [0.1, 0.15) is 68.4 Å². The fraction of sp³-hybridized carbons (Fsp3) is 0.316. The van der Waals surface area contributed by atoms with E-state index in [9.17, 15) is 50.8 Å². The average Bonchev–Trinajstić information content (AvgIpc) is 1.74. The third kappa shape index (κ3) is 16.0. The zero-order valence-corrected chi connectivity index (χ0v) is 54.3. The molecule has 0 aliphatic carbocycles. The number of nitrogens with one attached hydrogen (secondary N) is 2. The van der Waals surface area contributed by atoms with Crippen molar-refractivity contribution in [3.05, 3.63) is 118 Å². The van der Waals surface area contributed by atoms with Gasteiger partial charge in [-0.1, -0.05) is 24.3 Å². The molecule has 6 aromatic heterocycles. The highest BCUT2D eigenvalue weighted by atomic mass is 79.9. The Labute approximate surface area is 534 Å². The summed E-state index contributed by atoms with van der Waals surface area (Å²) in [6.45, 7) is 6.56. The molecule has 32 heteroatoms. The lowest BCUT2D eigenvalue weighted by atomic mass is 10.0. The van der Waals surface area contributed by atoms with Crippen LogP contribution in [0.5, 0.6) is 0 Å². The first-order valence-electron chi connectivity index (χ1n) is 26.8. The highest BCUT2D eigenvalue weighted by Gasteiger charge is 2.42. The van der Waals surface area contributed by atoms with E-state index in [1.54, 1.807) is 106 Å². The minimum atomic E-state index is -3.30. The van der Waals surface area contributed by atoms with Gasteiger partial charge in [-0.15, -0.1) is 4.36 Å². The fourth-order valence-corrected chi connectivity index (χ4v) is 11.6. The zero-order valence-electron chi connectivity index (χ0n) is 48.5. The topological polar surface area (TPSA) is 319 Å². The van der Waals surface area contributed by atoms with Crippen molar-refractivity contribution in [1.82, 2.24) is 59.3 Å². The molecule has 0 radical (unpaired) electrons. The number of alkyl halides is 2. The van der Waals surface area contributed by atoms with Crippen molar-refractivity contribution in [3.63, 3.8) is 0 Å². The van der Waals surface area contributed by atoms with Crippen molar-refractivity contribution < 1.29 is 55.5 Å². The van der Waals surface area contributed by atoms with Crippen molar-refractivity contribution in [2.45, 2.75) is 101 Å². The highest BCUT2D eigenvalue weighted by molar-refractivity contribution is 9.10. The molecule has 25 nitrogen and oxygen atoms in total. The molecule has 5 amide bonds. The Bertz CT molecular complexity index is 4260. The molecule has 466 valence electrons. The molecule has 6 atom stereocenters. The van der Waals surface area contributed by atoms with Gasteiger partial charge in [-0.3, -0.25) is 42.3 Å². The first-order valence-corrected chi connectivity index (χ1v) is 31.9. The number of fused-ring (bicyclic) bond motifs is 2. The Morgan fingerprint density at radius 1 is 0.674 bits per heavy atom. The molecule has 2 aliphatic rings. The number of ether oxygens (including phenoxy) is 1. The predicted molar refractivity (Wildman–Crippen MR) is 336 cm³/mol. The Morgan fingerprint density at radius 2 is 1.09 bits per heavy atom. The maximum Gasteiger partial charge on any atom is 0.442 e. The summed E-state index contributed by atoms with van der Waals surface area (Å²) >= 11 is 6.47. The second kappa shape index (κ2) is 27.7. The zero-order chi connectivity index (χ0) is 63.5. The summed E-state index contributed by atoms with van der Waals surface area (Å²) in [6, 6.07) is 18.1. The van der Waals surface area contributed by atoms with Crippen LogP contribution < -0.4 is 10.6 Å². The molecule has 2 N–H and O–H groups in total. The maximum atomic E-state index is 14.5. The van der Waals surface area contributed by atoms with Crippen molar-refractivity contribution in [2.24, 2.45) is 4.36 Å². The number of hydrogen-bond acceptors (Lipinski definition) is 18. The molecular formula is C57H57Br2F2N15O10S3. The standard InChI is InChI=1S/C31H32BrFN8O6S.C26H23BrFN7O4S.H2S/c1-17(42)27-21-11-18(19-13-34-29(35-14-19)48(5,46)39-30(45)47-31(2,3)4)9-10-22(21)41(38-27)16-26(43)40-15-20(33)12-23(40)28(44)37-25-8-6-7-24(32)36-25;1-14(36)24-18-8-15(16-10-29-26(30-11-16)40(2)39)6-7-19(18)35(33-24)13-23(37)34-12-17(28)9-20(34)25(38)32-22-5-3-4-21(27)31-22;/h6-11,13-14,20,23H,12,15-16H2,1-5H3,(H,36,37,44);3-8,10-11,17,20H,9,12-13H2,1-2H3,(H,31,32,38);1H2/t20-,23+,48?;17-,20+,40?;/m11./s1. The van der Waals surface area contributed by atoms with E-state index in [1.165, 1.54) is 57.9 Å². The lowest BCUT2D eigenvalue weighted by Gasteiger charge is -2.23. The Balaban J connectivity index is 0.000000231. The summed E-state index contributed by atoms with van der Waals surface area (Å²) in [5, 5.41) is 15.0. The van der Waals surface area contributed by atoms with Gasteiger partial charge in [0.1, 0.15) is 85.1 Å². The smallest absolute Gasteiger partial charge is 0.442 e. The van der Waals surface area contributed by atoms with Crippen LogP contribution in [0.25, 0.3) is 44.1 Å². The number of pyridine rings is 2. The minimum Gasteiger partial charge on any atom is -0.442 e. The van der Waals surface area contributed by atoms with Crippen molar-refractivity contribution in [3.8, 4) is 22.3 Å². The van der Waals surface area contributed by atoms with E-state index < -0.39 is 80.3 Å². The van der Waals surface area contributed by atoms with Crippen LogP contribution in [0.15, 0.2) is 121 Å². The SMILES string of the molecule is CC(=O)c1nn(CC(=O)N2C[C@H](F)C[C@H]2C(=O)Nc2cccc(Br)n2)c2ccc(-c3cnc(S(C)(=O)=NC(=O)OC(C)(C)C)nc3)cc12.CC(=O)c1nn(CC(=O)N2C[C@H](F)C[C@H]2C(=O)Nc2cccc(Br)n2)c2ccc(-c3cnc(S(C)=O)nc3)cc12.S. The molecular weight excluding hydrogens is 1350 g/mol. The number of likely N-dealkylation sites (tertiary alicyclic amines) is 2. The Hall–Kier alpha value is -8.20. The molecule has 2 aliphatic heterocycles.